The van der Waals surface area contributed by atoms with Crippen LogP contribution in [0.25, 0.3) is 0 Å². The van der Waals surface area contributed by atoms with Crippen molar-refractivity contribution in [3.8, 4) is 11.5 Å². The van der Waals surface area contributed by atoms with E-state index in [-0.39, 0.29) is 0 Å². The predicted octanol–water partition coefficient (Wildman–Crippen LogP) is 3.28. The van der Waals surface area contributed by atoms with E-state index in [1.165, 1.54) is 0 Å². The summed E-state index contributed by atoms with van der Waals surface area (Å²) in [6, 6.07) is 14.2. The van der Waals surface area contributed by atoms with E-state index in [2.05, 4.69) is 5.32 Å². The lowest BCUT2D eigenvalue weighted by Crippen LogP contribution is -2.19. The van der Waals surface area contributed by atoms with Crippen LogP contribution in [0.4, 0.5) is 10.5 Å². The van der Waals surface area contributed by atoms with Crippen LogP contribution < -0.4 is 15.8 Å². The van der Waals surface area contributed by atoms with E-state index in [1.54, 1.807) is 18.2 Å². The van der Waals surface area contributed by atoms with E-state index in [4.69, 9.17) is 10.5 Å². The minimum Gasteiger partial charge on any atom is -0.455 e. The van der Waals surface area contributed by atoms with Crippen LogP contribution in [0.15, 0.2) is 48.5 Å². The van der Waals surface area contributed by atoms with Crippen LogP contribution >= 0.6 is 0 Å². The van der Waals surface area contributed by atoms with Crippen molar-refractivity contribution in [2.45, 2.75) is 6.92 Å². The first-order valence-corrected chi connectivity index (χ1v) is 5.56. The molecule has 0 aliphatic carbocycles. The summed E-state index contributed by atoms with van der Waals surface area (Å²) in [7, 11) is 0. The number of para-hydroxylation sites is 3. The molecule has 0 radical (unpaired) electrons. The van der Waals surface area contributed by atoms with E-state index >= 15 is 0 Å². The average Bonchev–Trinajstić information content (AvgIpc) is 2.34. The van der Waals surface area contributed by atoms with E-state index in [0.717, 1.165) is 11.3 Å². The standard InChI is InChI=1S/C14H14N2O2/c1-10-6-2-4-8-12(10)18-13-9-5-3-7-11(13)16-14(15)17/h2-9H,1H3,(H3,15,16,17). The maximum atomic E-state index is 10.9. The van der Waals surface area contributed by atoms with E-state index in [0.29, 0.717) is 11.4 Å². The average molecular weight is 242 g/mol. The Hall–Kier alpha value is -2.49. The highest BCUT2D eigenvalue weighted by Crippen LogP contribution is 2.30. The molecule has 0 aliphatic rings. The van der Waals surface area contributed by atoms with Gasteiger partial charge < -0.3 is 15.8 Å². The van der Waals surface area contributed by atoms with Crippen molar-refractivity contribution in [3.63, 3.8) is 0 Å². The summed E-state index contributed by atoms with van der Waals surface area (Å²) in [4.78, 5) is 10.9. The molecule has 0 aromatic heterocycles. The zero-order chi connectivity index (χ0) is 13.0. The van der Waals surface area contributed by atoms with Crippen LogP contribution in [-0.4, -0.2) is 6.03 Å². The Bertz CT molecular complexity index is 567. The van der Waals surface area contributed by atoms with Gasteiger partial charge in [0.15, 0.2) is 5.75 Å². The molecule has 0 unspecified atom stereocenters. The molecular formula is C14H14N2O2. The van der Waals surface area contributed by atoms with Crippen LogP contribution in [0.5, 0.6) is 11.5 Å². The molecule has 0 atom stereocenters. The largest absolute Gasteiger partial charge is 0.455 e. The summed E-state index contributed by atoms with van der Waals surface area (Å²) in [6.45, 7) is 1.96. The van der Waals surface area contributed by atoms with Crippen LogP contribution in [0.1, 0.15) is 5.56 Å². The van der Waals surface area contributed by atoms with Crippen molar-refractivity contribution in [1.82, 2.24) is 0 Å². The van der Waals surface area contributed by atoms with Gasteiger partial charge >= 0.3 is 6.03 Å². The number of benzene rings is 2. The molecule has 0 saturated heterocycles. The quantitative estimate of drug-likeness (QED) is 0.867. The summed E-state index contributed by atoms with van der Waals surface area (Å²) in [5.41, 5.74) is 6.68. The van der Waals surface area contributed by atoms with Crippen LogP contribution in [-0.2, 0) is 0 Å². The van der Waals surface area contributed by atoms with Crippen molar-refractivity contribution < 1.29 is 9.53 Å². The number of hydrogen-bond donors (Lipinski definition) is 2. The number of ether oxygens (including phenoxy) is 1. The first kappa shape index (κ1) is 12.0. The van der Waals surface area contributed by atoms with Crippen LogP contribution in [0.2, 0.25) is 0 Å². The molecule has 2 aromatic rings. The maximum Gasteiger partial charge on any atom is 0.316 e. The van der Waals surface area contributed by atoms with Crippen molar-refractivity contribution >= 4 is 11.7 Å². The molecule has 0 spiro atoms. The third-order valence-electron chi connectivity index (χ3n) is 2.46. The van der Waals surface area contributed by atoms with E-state index < -0.39 is 6.03 Å². The molecule has 18 heavy (non-hydrogen) atoms. The lowest BCUT2D eigenvalue weighted by molar-refractivity contribution is 0.259. The number of primary amides is 1. The normalized spacial score (nSPS) is 9.83. The van der Waals surface area contributed by atoms with Gasteiger partial charge in [-0.25, -0.2) is 4.79 Å². The summed E-state index contributed by atoms with van der Waals surface area (Å²) >= 11 is 0. The Labute approximate surface area is 105 Å². The fourth-order valence-electron chi connectivity index (χ4n) is 1.58. The number of urea groups is 1. The molecule has 4 heteroatoms. The minimum absolute atomic E-state index is 0.549. The van der Waals surface area contributed by atoms with Gasteiger partial charge in [0.2, 0.25) is 0 Å². The second-order valence-electron chi connectivity index (χ2n) is 3.85. The first-order valence-electron chi connectivity index (χ1n) is 5.56. The van der Waals surface area contributed by atoms with Crippen molar-refractivity contribution in [2.75, 3.05) is 5.32 Å². The number of carbonyl (C=O) groups excluding carboxylic acids is 1. The number of carbonyl (C=O) groups is 1. The van der Waals surface area contributed by atoms with Gasteiger partial charge in [0.05, 0.1) is 5.69 Å². The number of anilines is 1. The van der Waals surface area contributed by atoms with Gasteiger partial charge in [-0.2, -0.15) is 0 Å². The molecule has 3 N–H and O–H groups in total. The van der Waals surface area contributed by atoms with Gasteiger partial charge in [-0.3, -0.25) is 0 Å². The summed E-state index contributed by atoms with van der Waals surface area (Å²) in [5, 5.41) is 2.53. The van der Waals surface area contributed by atoms with Gasteiger partial charge in [0.1, 0.15) is 5.75 Å². The molecule has 0 aliphatic heterocycles. The lowest BCUT2D eigenvalue weighted by Gasteiger charge is -2.12. The molecule has 2 amide bonds. The third-order valence-corrected chi connectivity index (χ3v) is 2.46. The highest BCUT2D eigenvalue weighted by Gasteiger charge is 2.07. The topological polar surface area (TPSA) is 64.3 Å². The number of aryl methyl sites for hydroxylation is 1. The fourth-order valence-corrected chi connectivity index (χ4v) is 1.58. The molecule has 0 heterocycles. The monoisotopic (exact) mass is 242 g/mol. The second kappa shape index (κ2) is 5.23. The number of hydrogen-bond acceptors (Lipinski definition) is 2. The Morgan fingerprint density at radius 1 is 1.06 bits per heavy atom. The fraction of sp³-hybridized carbons (Fsp3) is 0.0714. The Morgan fingerprint density at radius 2 is 1.67 bits per heavy atom. The first-order chi connectivity index (χ1) is 8.66. The number of nitrogens with one attached hydrogen (secondary N) is 1. The summed E-state index contributed by atoms with van der Waals surface area (Å²) in [5.74, 6) is 1.31. The zero-order valence-electron chi connectivity index (χ0n) is 10.0. The van der Waals surface area contributed by atoms with E-state index in [1.807, 2.05) is 37.3 Å². The van der Waals surface area contributed by atoms with Crippen LogP contribution in [0, 0.1) is 6.92 Å². The molecule has 0 bridgehead atoms. The molecule has 2 aromatic carbocycles. The van der Waals surface area contributed by atoms with Crippen molar-refractivity contribution in [2.24, 2.45) is 5.73 Å². The van der Waals surface area contributed by atoms with Crippen molar-refractivity contribution in [3.05, 3.63) is 54.1 Å². The Balaban J connectivity index is 2.29. The summed E-state index contributed by atoms with van der Waals surface area (Å²) in [6.07, 6.45) is 0. The Kier molecular flexibility index (Phi) is 3.48. The Morgan fingerprint density at radius 3 is 2.33 bits per heavy atom. The van der Waals surface area contributed by atoms with Gasteiger partial charge in [-0.1, -0.05) is 30.3 Å². The highest BCUT2D eigenvalue weighted by molar-refractivity contribution is 5.89. The molecule has 2 rings (SSSR count). The highest BCUT2D eigenvalue weighted by atomic mass is 16.5. The predicted molar refractivity (Wildman–Crippen MR) is 70.9 cm³/mol. The SMILES string of the molecule is Cc1ccccc1Oc1ccccc1NC(N)=O. The van der Waals surface area contributed by atoms with Crippen LogP contribution in [0.3, 0.4) is 0 Å². The summed E-state index contributed by atoms with van der Waals surface area (Å²) < 4.78 is 5.77. The lowest BCUT2D eigenvalue weighted by atomic mass is 10.2. The van der Waals surface area contributed by atoms with Gasteiger partial charge in [-0.05, 0) is 30.7 Å². The zero-order valence-corrected chi connectivity index (χ0v) is 10.0. The number of rotatable bonds is 3. The third kappa shape index (κ3) is 2.79. The molecule has 0 fully saturated rings. The molecule has 4 nitrogen and oxygen atoms in total. The van der Waals surface area contributed by atoms with Crippen molar-refractivity contribution in [1.29, 1.82) is 0 Å². The number of amides is 2. The van der Waals surface area contributed by atoms with Gasteiger partial charge in [0.25, 0.3) is 0 Å². The molecule has 0 saturated carbocycles. The van der Waals surface area contributed by atoms with E-state index in [9.17, 15) is 4.79 Å². The van der Waals surface area contributed by atoms with Gasteiger partial charge in [0, 0.05) is 0 Å². The number of nitrogens with two attached hydrogens (primary N) is 1. The maximum absolute atomic E-state index is 10.9. The minimum atomic E-state index is -0.615. The smallest absolute Gasteiger partial charge is 0.316 e. The molecular weight excluding hydrogens is 228 g/mol. The van der Waals surface area contributed by atoms with Gasteiger partial charge in [-0.15, -0.1) is 0 Å². The second-order valence-corrected chi connectivity index (χ2v) is 3.85. The molecule has 92 valence electrons.